The van der Waals surface area contributed by atoms with Gasteiger partial charge in [0.05, 0.1) is 0 Å². The molecule has 0 aliphatic carbocycles. The van der Waals surface area contributed by atoms with Crippen LogP contribution in [-0.2, 0) is 0 Å². The second-order valence-corrected chi connectivity index (χ2v) is 4.49. The van der Waals surface area contributed by atoms with Gasteiger partial charge in [-0.05, 0) is 26.2 Å². The monoisotopic (exact) mass is 245 g/mol. The molecule has 0 unspecified atom stereocenters. The van der Waals surface area contributed by atoms with Gasteiger partial charge in [-0.15, -0.1) is 0 Å². The molecule has 0 saturated carbocycles. The molecule has 0 radical (unpaired) electrons. The minimum Gasteiger partial charge on any atom is -0.341 e. The van der Waals surface area contributed by atoms with Crippen molar-refractivity contribution in [2.75, 3.05) is 18.0 Å². The van der Waals surface area contributed by atoms with Crippen molar-refractivity contribution in [2.45, 2.75) is 26.2 Å². The smallest absolute Gasteiger partial charge is 0.228 e. The Bertz CT molecular complexity index is 339. The van der Waals surface area contributed by atoms with Crippen LogP contribution < -0.4 is 4.90 Å². The number of hydrogen-bond acceptors (Lipinski definition) is 3. The first-order chi connectivity index (χ1) is 7.18. The predicted octanol–water partition coefficient (Wildman–Crippen LogP) is 3.08. The maximum Gasteiger partial charge on any atom is 0.228 e. The summed E-state index contributed by atoms with van der Waals surface area (Å²) in [5.41, 5.74) is 0.749. The van der Waals surface area contributed by atoms with E-state index in [1.165, 1.54) is 19.3 Å². The lowest BCUT2D eigenvalue weighted by molar-refractivity contribution is 0.568. The zero-order valence-corrected chi connectivity index (χ0v) is 10.1. The molecule has 3 nitrogen and oxygen atoms in total. The number of halogens is 2. The van der Waals surface area contributed by atoms with Crippen LogP contribution in [0.25, 0.3) is 0 Å². The molecule has 1 aromatic heterocycles. The highest BCUT2D eigenvalue weighted by molar-refractivity contribution is 6.34. The van der Waals surface area contributed by atoms with Gasteiger partial charge in [0, 0.05) is 18.7 Å². The number of anilines is 1. The molecule has 1 aromatic rings. The molecular formula is C10H13Cl2N3. The lowest BCUT2D eigenvalue weighted by Crippen LogP contribution is -2.31. The van der Waals surface area contributed by atoms with Gasteiger partial charge in [0.2, 0.25) is 5.95 Å². The van der Waals surface area contributed by atoms with E-state index in [1.54, 1.807) is 0 Å². The normalized spacial score (nSPS) is 16.9. The van der Waals surface area contributed by atoms with Crippen LogP contribution in [0.4, 0.5) is 5.95 Å². The highest BCUT2D eigenvalue weighted by Gasteiger charge is 2.16. The van der Waals surface area contributed by atoms with Gasteiger partial charge in [-0.2, -0.15) is 0 Å². The standard InChI is InChI=1S/C10H13Cl2N3/c1-7-8(11)13-10(14-9(7)12)15-5-3-2-4-6-15/h2-6H2,1H3. The quantitative estimate of drug-likeness (QED) is 0.713. The van der Waals surface area contributed by atoms with Gasteiger partial charge in [-0.3, -0.25) is 0 Å². The Hall–Kier alpha value is -0.540. The first kappa shape index (κ1) is 11.0. The summed E-state index contributed by atoms with van der Waals surface area (Å²) in [7, 11) is 0. The summed E-state index contributed by atoms with van der Waals surface area (Å²) < 4.78 is 0. The zero-order chi connectivity index (χ0) is 10.8. The summed E-state index contributed by atoms with van der Waals surface area (Å²) in [5, 5.41) is 0.908. The van der Waals surface area contributed by atoms with Gasteiger partial charge in [-0.25, -0.2) is 9.97 Å². The Balaban J connectivity index is 2.27. The number of nitrogens with zero attached hydrogens (tertiary/aromatic N) is 3. The molecule has 0 atom stereocenters. The van der Waals surface area contributed by atoms with Crippen molar-refractivity contribution in [3.63, 3.8) is 0 Å². The molecule has 1 fully saturated rings. The number of hydrogen-bond donors (Lipinski definition) is 0. The van der Waals surface area contributed by atoms with Crippen LogP contribution in [0.1, 0.15) is 24.8 Å². The van der Waals surface area contributed by atoms with Crippen LogP contribution in [0.5, 0.6) is 0 Å². The van der Waals surface area contributed by atoms with Crippen LogP contribution >= 0.6 is 23.2 Å². The molecular weight excluding hydrogens is 233 g/mol. The predicted molar refractivity (Wildman–Crippen MR) is 62.9 cm³/mol. The van der Waals surface area contributed by atoms with Crippen LogP contribution in [0.2, 0.25) is 10.3 Å². The Labute approximate surface area is 99.4 Å². The van der Waals surface area contributed by atoms with Gasteiger partial charge in [0.1, 0.15) is 10.3 Å². The van der Waals surface area contributed by atoms with Crippen LogP contribution in [0, 0.1) is 6.92 Å². The molecule has 1 aliphatic heterocycles. The van der Waals surface area contributed by atoms with Crippen molar-refractivity contribution >= 4 is 29.2 Å². The van der Waals surface area contributed by atoms with Crippen LogP contribution in [-0.4, -0.2) is 23.1 Å². The fourth-order valence-corrected chi connectivity index (χ4v) is 2.07. The number of piperidine rings is 1. The highest BCUT2D eigenvalue weighted by Crippen LogP contribution is 2.24. The van der Waals surface area contributed by atoms with E-state index in [1.807, 2.05) is 6.92 Å². The van der Waals surface area contributed by atoms with Gasteiger partial charge in [0.15, 0.2) is 0 Å². The molecule has 0 amide bonds. The van der Waals surface area contributed by atoms with Gasteiger partial charge in [0.25, 0.3) is 0 Å². The number of aromatic nitrogens is 2. The van der Waals surface area contributed by atoms with E-state index < -0.39 is 0 Å². The molecule has 1 saturated heterocycles. The summed E-state index contributed by atoms with van der Waals surface area (Å²) >= 11 is 12.0. The van der Waals surface area contributed by atoms with Gasteiger partial charge >= 0.3 is 0 Å². The minimum atomic E-state index is 0.454. The van der Waals surface area contributed by atoms with Crippen molar-refractivity contribution in [3.8, 4) is 0 Å². The van der Waals surface area contributed by atoms with Crippen LogP contribution in [0.3, 0.4) is 0 Å². The van der Waals surface area contributed by atoms with E-state index in [2.05, 4.69) is 14.9 Å². The van der Waals surface area contributed by atoms with E-state index in [-0.39, 0.29) is 0 Å². The molecule has 15 heavy (non-hydrogen) atoms. The summed E-state index contributed by atoms with van der Waals surface area (Å²) in [6.45, 7) is 3.82. The van der Waals surface area contributed by atoms with Crippen molar-refractivity contribution in [2.24, 2.45) is 0 Å². The van der Waals surface area contributed by atoms with Crippen molar-refractivity contribution < 1.29 is 0 Å². The summed E-state index contributed by atoms with van der Waals surface area (Å²) in [4.78, 5) is 10.6. The molecule has 2 heterocycles. The second-order valence-electron chi connectivity index (χ2n) is 3.78. The second kappa shape index (κ2) is 4.54. The van der Waals surface area contributed by atoms with E-state index in [0.717, 1.165) is 18.7 Å². The molecule has 0 bridgehead atoms. The van der Waals surface area contributed by atoms with Gasteiger partial charge in [-0.1, -0.05) is 23.2 Å². The lowest BCUT2D eigenvalue weighted by Gasteiger charge is -2.26. The maximum absolute atomic E-state index is 5.98. The van der Waals surface area contributed by atoms with E-state index in [9.17, 15) is 0 Å². The summed E-state index contributed by atoms with van der Waals surface area (Å²) in [6, 6.07) is 0. The molecule has 5 heteroatoms. The Morgan fingerprint density at radius 3 is 2.07 bits per heavy atom. The van der Waals surface area contributed by atoms with E-state index >= 15 is 0 Å². The average molecular weight is 246 g/mol. The fourth-order valence-electron chi connectivity index (χ4n) is 1.69. The Morgan fingerprint density at radius 2 is 1.53 bits per heavy atom. The largest absolute Gasteiger partial charge is 0.341 e. The van der Waals surface area contributed by atoms with Gasteiger partial charge < -0.3 is 4.90 Å². The Kier molecular flexibility index (Phi) is 3.32. The Morgan fingerprint density at radius 1 is 1.00 bits per heavy atom. The number of rotatable bonds is 1. The maximum atomic E-state index is 5.98. The third kappa shape index (κ3) is 2.34. The highest BCUT2D eigenvalue weighted by atomic mass is 35.5. The summed E-state index contributed by atoms with van der Waals surface area (Å²) in [5.74, 6) is 0.662. The average Bonchev–Trinajstić information content (AvgIpc) is 2.26. The first-order valence-electron chi connectivity index (χ1n) is 5.13. The minimum absolute atomic E-state index is 0.454. The molecule has 0 N–H and O–H groups in total. The van der Waals surface area contributed by atoms with E-state index in [4.69, 9.17) is 23.2 Å². The van der Waals surface area contributed by atoms with E-state index in [0.29, 0.717) is 16.3 Å². The topological polar surface area (TPSA) is 29.0 Å². The molecule has 0 spiro atoms. The first-order valence-corrected chi connectivity index (χ1v) is 5.88. The molecule has 2 rings (SSSR count). The van der Waals surface area contributed by atoms with Crippen molar-refractivity contribution in [3.05, 3.63) is 15.9 Å². The van der Waals surface area contributed by atoms with Crippen molar-refractivity contribution in [1.82, 2.24) is 9.97 Å². The van der Waals surface area contributed by atoms with Crippen molar-refractivity contribution in [1.29, 1.82) is 0 Å². The SMILES string of the molecule is Cc1c(Cl)nc(N2CCCCC2)nc1Cl. The molecule has 82 valence electrons. The fraction of sp³-hybridized carbons (Fsp3) is 0.600. The zero-order valence-electron chi connectivity index (χ0n) is 8.63. The lowest BCUT2D eigenvalue weighted by atomic mass is 10.1. The molecule has 1 aliphatic rings. The third-order valence-corrected chi connectivity index (χ3v) is 3.39. The van der Waals surface area contributed by atoms with Crippen LogP contribution in [0.15, 0.2) is 0 Å². The molecule has 0 aromatic carbocycles. The summed E-state index contributed by atoms with van der Waals surface area (Å²) in [6.07, 6.45) is 3.66. The third-order valence-electron chi connectivity index (χ3n) is 2.65.